The number of carbonyl (C=O) groups is 1. The van der Waals surface area contributed by atoms with Crippen molar-refractivity contribution in [2.75, 3.05) is 0 Å². The molecule has 1 amide bonds. The highest BCUT2D eigenvalue weighted by atomic mass is 79.9. The summed E-state index contributed by atoms with van der Waals surface area (Å²) >= 11 is 5.04. The lowest BCUT2D eigenvalue weighted by Crippen LogP contribution is -2.35. The van der Waals surface area contributed by atoms with E-state index in [0.29, 0.717) is 11.5 Å². The Morgan fingerprint density at radius 3 is 2.57 bits per heavy atom. The molecule has 0 atom stereocenters. The molecule has 0 aromatic heterocycles. The first-order valence-electron chi connectivity index (χ1n) is 10.0. The van der Waals surface area contributed by atoms with Crippen LogP contribution in [0.1, 0.15) is 44.4 Å². The van der Waals surface area contributed by atoms with Crippen molar-refractivity contribution in [3.05, 3.63) is 68.5 Å². The van der Waals surface area contributed by atoms with Gasteiger partial charge in [-0.15, -0.1) is 0 Å². The van der Waals surface area contributed by atoms with Crippen LogP contribution in [-0.2, 0) is 11.4 Å². The number of nitrogens with zero attached hydrogens (tertiary/aromatic N) is 2. The zero-order valence-electron chi connectivity index (χ0n) is 18.0. The second-order valence-electron chi connectivity index (χ2n) is 7.85. The van der Waals surface area contributed by atoms with E-state index in [9.17, 15) is 4.79 Å². The van der Waals surface area contributed by atoms with E-state index in [2.05, 4.69) is 46.0 Å². The van der Waals surface area contributed by atoms with E-state index in [4.69, 9.17) is 4.74 Å². The van der Waals surface area contributed by atoms with Crippen LogP contribution >= 0.6 is 27.7 Å². The highest BCUT2D eigenvalue weighted by molar-refractivity contribution is 9.10. The molecule has 158 valence electrons. The number of rotatable bonds is 6. The third-order valence-corrected chi connectivity index (χ3v) is 6.07. The number of hydrogen-bond donors (Lipinski definition) is 0. The van der Waals surface area contributed by atoms with Crippen LogP contribution in [0.15, 0.2) is 56.8 Å². The van der Waals surface area contributed by atoms with E-state index in [1.807, 2.05) is 58.0 Å². The minimum atomic E-state index is 0.00490. The number of carbonyl (C=O) groups excluding carboxylic acids is 1. The zero-order valence-corrected chi connectivity index (χ0v) is 20.4. The first-order chi connectivity index (χ1) is 14.2. The molecular weight excluding hydrogens is 460 g/mol. The van der Waals surface area contributed by atoms with Crippen LogP contribution in [-0.4, -0.2) is 28.1 Å². The standard InChI is InChI=1S/C24H27BrN2O2S/c1-15(2)26-24-27(16(3)4)23(28)22(30-24)13-18-9-10-21(20(25)12-18)29-14-19-8-6-7-17(5)11-19/h6-13,15-16H,14H2,1-5H3/b22-13+,26-24?. The van der Waals surface area contributed by atoms with Gasteiger partial charge in [0.2, 0.25) is 0 Å². The first-order valence-corrected chi connectivity index (χ1v) is 11.6. The normalized spacial score (nSPS) is 17.1. The van der Waals surface area contributed by atoms with Crippen molar-refractivity contribution in [2.24, 2.45) is 4.99 Å². The van der Waals surface area contributed by atoms with Crippen LogP contribution in [0.5, 0.6) is 5.75 Å². The van der Waals surface area contributed by atoms with Crippen LogP contribution in [0.25, 0.3) is 6.08 Å². The van der Waals surface area contributed by atoms with Gasteiger partial charge in [-0.25, -0.2) is 0 Å². The summed E-state index contributed by atoms with van der Waals surface area (Å²) in [4.78, 5) is 20.0. The molecule has 1 aliphatic rings. The van der Waals surface area contributed by atoms with Crippen LogP contribution in [0.2, 0.25) is 0 Å². The van der Waals surface area contributed by atoms with Crippen LogP contribution < -0.4 is 4.74 Å². The minimum Gasteiger partial charge on any atom is -0.488 e. The zero-order chi connectivity index (χ0) is 21.8. The number of aliphatic imine (C=N–C) groups is 1. The fourth-order valence-corrected chi connectivity index (χ4v) is 4.84. The lowest BCUT2D eigenvalue weighted by atomic mass is 10.1. The number of hydrogen-bond acceptors (Lipinski definition) is 4. The van der Waals surface area contributed by atoms with Crippen molar-refractivity contribution in [3.63, 3.8) is 0 Å². The molecule has 1 saturated heterocycles. The number of thioether (sulfide) groups is 1. The monoisotopic (exact) mass is 486 g/mol. The number of benzene rings is 2. The Kier molecular flexibility index (Phi) is 7.42. The summed E-state index contributed by atoms with van der Waals surface area (Å²) in [5.74, 6) is 0.778. The molecule has 0 radical (unpaired) electrons. The molecule has 2 aromatic rings. The first kappa shape index (κ1) is 22.6. The third kappa shape index (κ3) is 5.55. The molecule has 1 heterocycles. The summed E-state index contributed by atoms with van der Waals surface area (Å²) < 4.78 is 6.82. The number of ether oxygens (including phenoxy) is 1. The van der Waals surface area contributed by atoms with Gasteiger partial charge >= 0.3 is 0 Å². The van der Waals surface area contributed by atoms with Gasteiger partial charge in [0.25, 0.3) is 5.91 Å². The molecule has 0 spiro atoms. The largest absolute Gasteiger partial charge is 0.488 e. The maximum Gasteiger partial charge on any atom is 0.266 e. The van der Waals surface area contributed by atoms with Gasteiger partial charge in [0, 0.05) is 12.1 Å². The average Bonchev–Trinajstić information content (AvgIpc) is 2.95. The highest BCUT2D eigenvalue weighted by Crippen LogP contribution is 2.35. The van der Waals surface area contributed by atoms with Gasteiger partial charge < -0.3 is 4.74 Å². The second-order valence-corrected chi connectivity index (χ2v) is 9.72. The quantitative estimate of drug-likeness (QED) is 0.442. The Bertz CT molecular complexity index is 998. The van der Waals surface area contributed by atoms with Gasteiger partial charge in [-0.2, -0.15) is 0 Å². The summed E-state index contributed by atoms with van der Waals surface area (Å²) in [6.07, 6.45) is 1.92. The predicted octanol–water partition coefficient (Wildman–Crippen LogP) is 6.43. The van der Waals surface area contributed by atoms with Crippen molar-refractivity contribution in [1.82, 2.24) is 4.90 Å². The van der Waals surface area contributed by atoms with E-state index >= 15 is 0 Å². The van der Waals surface area contributed by atoms with Crippen LogP contribution in [0, 0.1) is 6.92 Å². The van der Waals surface area contributed by atoms with Crippen molar-refractivity contribution in [3.8, 4) is 5.75 Å². The fourth-order valence-electron chi connectivity index (χ4n) is 3.09. The lowest BCUT2D eigenvalue weighted by molar-refractivity contribution is -0.123. The van der Waals surface area contributed by atoms with Crippen molar-refractivity contribution in [1.29, 1.82) is 0 Å². The average molecular weight is 487 g/mol. The van der Waals surface area contributed by atoms with Crippen LogP contribution in [0.4, 0.5) is 0 Å². The summed E-state index contributed by atoms with van der Waals surface area (Å²) in [7, 11) is 0. The van der Waals surface area contributed by atoms with E-state index in [0.717, 1.165) is 26.5 Å². The minimum absolute atomic E-state index is 0.00490. The Hall–Kier alpha value is -2.05. The lowest BCUT2D eigenvalue weighted by Gasteiger charge is -2.20. The number of aryl methyl sites for hydroxylation is 1. The van der Waals surface area contributed by atoms with Gasteiger partial charge in [0.05, 0.1) is 9.38 Å². The van der Waals surface area contributed by atoms with Crippen molar-refractivity contribution < 1.29 is 9.53 Å². The molecule has 2 aromatic carbocycles. The molecule has 0 unspecified atom stereocenters. The Labute approximate surface area is 191 Å². The van der Waals surface area contributed by atoms with Gasteiger partial charge in [-0.3, -0.25) is 14.7 Å². The molecule has 1 aliphatic heterocycles. The molecule has 0 aliphatic carbocycles. The molecule has 3 rings (SSSR count). The van der Waals surface area contributed by atoms with Crippen LogP contribution in [0.3, 0.4) is 0 Å². The number of amidine groups is 1. The van der Waals surface area contributed by atoms with E-state index in [1.54, 1.807) is 4.90 Å². The van der Waals surface area contributed by atoms with Crippen molar-refractivity contribution >= 4 is 44.8 Å². The Balaban J connectivity index is 1.77. The second kappa shape index (κ2) is 9.84. The highest BCUT2D eigenvalue weighted by Gasteiger charge is 2.35. The smallest absolute Gasteiger partial charge is 0.266 e. The van der Waals surface area contributed by atoms with Crippen molar-refractivity contribution in [2.45, 2.75) is 53.3 Å². The van der Waals surface area contributed by atoms with Gasteiger partial charge in [0.15, 0.2) is 5.17 Å². The summed E-state index contributed by atoms with van der Waals surface area (Å²) in [6, 6.07) is 14.4. The van der Waals surface area contributed by atoms with E-state index < -0.39 is 0 Å². The topological polar surface area (TPSA) is 41.9 Å². The number of amides is 1. The Morgan fingerprint density at radius 1 is 1.17 bits per heavy atom. The summed E-state index contributed by atoms with van der Waals surface area (Å²) in [5, 5.41) is 0.772. The maximum absolute atomic E-state index is 12.9. The predicted molar refractivity (Wildman–Crippen MR) is 130 cm³/mol. The molecule has 30 heavy (non-hydrogen) atoms. The van der Waals surface area contributed by atoms with Gasteiger partial charge in [0.1, 0.15) is 12.4 Å². The molecule has 0 bridgehead atoms. The fraction of sp³-hybridized carbons (Fsp3) is 0.333. The Morgan fingerprint density at radius 2 is 1.93 bits per heavy atom. The number of halogens is 1. The third-order valence-electron chi connectivity index (χ3n) is 4.45. The molecule has 0 N–H and O–H groups in total. The SMILES string of the molecule is Cc1cccc(COc2ccc(/C=C3/SC(=NC(C)C)N(C(C)C)C3=O)cc2Br)c1. The van der Waals surface area contributed by atoms with Gasteiger partial charge in [-0.1, -0.05) is 35.9 Å². The molecule has 0 saturated carbocycles. The molecular formula is C24H27BrN2O2S. The summed E-state index contributed by atoms with van der Waals surface area (Å²) in [5.41, 5.74) is 3.29. The molecule has 6 heteroatoms. The summed E-state index contributed by atoms with van der Waals surface area (Å²) in [6.45, 7) is 10.6. The molecule has 1 fully saturated rings. The molecule has 4 nitrogen and oxygen atoms in total. The van der Waals surface area contributed by atoms with E-state index in [1.165, 1.54) is 17.3 Å². The van der Waals surface area contributed by atoms with E-state index in [-0.39, 0.29) is 18.0 Å². The maximum atomic E-state index is 12.9. The van der Waals surface area contributed by atoms with Gasteiger partial charge in [-0.05, 0) is 91.6 Å².